The molecule has 0 radical (unpaired) electrons. The van der Waals surface area contributed by atoms with Gasteiger partial charge >= 0.3 is 0 Å². The van der Waals surface area contributed by atoms with Gasteiger partial charge in [0.25, 0.3) is 0 Å². The summed E-state index contributed by atoms with van der Waals surface area (Å²) in [6, 6.07) is 1.57. The van der Waals surface area contributed by atoms with E-state index in [0.29, 0.717) is 16.4 Å². The van der Waals surface area contributed by atoms with E-state index in [-0.39, 0.29) is 5.22 Å². The Balaban J connectivity index is 2.82. The fourth-order valence-electron chi connectivity index (χ4n) is 0.772. The zero-order valence-corrected chi connectivity index (χ0v) is 6.73. The van der Waals surface area contributed by atoms with Gasteiger partial charge in [-0.15, -0.1) is 0 Å². The van der Waals surface area contributed by atoms with E-state index in [0.717, 1.165) is 0 Å². The Morgan fingerprint density at radius 3 is 3.00 bits per heavy atom. The van der Waals surface area contributed by atoms with E-state index in [1.807, 2.05) is 0 Å². The van der Waals surface area contributed by atoms with Crippen molar-refractivity contribution < 1.29 is 4.42 Å². The number of aromatic nitrogens is 2. The predicted molar refractivity (Wildman–Crippen MR) is 41.8 cm³/mol. The molecule has 0 aliphatic rings. The lowest BCUT2D eigenvalue weighted by atomic mass is 10.5. The molecule has 0 bridgehead atoms. The second kappa shape index (κ2) is 2.36. The Morgan fingerprint density at radius 2 is 2.18 bits per heavy atom. The minimum atomic E-state index is 0.266. The highest BCUT2D eigenvalue weighted by Crippen LogP contribution is 2.20. The lowest BCUT2D eigenvalue weighted by molar-refractivity contribution is 0.604. The summed E-state index contributed by atoms with van der Waals surface area (Å²) in [6.07, 6.45) is 1.41. The van der Waals surface area contributed by atoms with Crippen molar-refractivity contribution in [3.63, 3.8) is 0 Å². The summed E-state index contributed by atoms with van der Waals surface area (Å²) in [7, 11) is 0. The SMILES string of the molecule is Clc1cnc2oc(Cl)cc2n1. The molecule has 0 atom stereocenters. The third kappa shape index (κ3) is 1.17. The van der Waals surface area contributed by atoms with Crippen LogP contribution in [-0.4, -0.2) is 9.97 Å². The zero-order chi connectivity index (χ0) is 7.84. The van der Waals surface area contributed by atoms with Gasteiger partial charge < -0.3 is 4.42 Å². The smallest absolute Gasteiger partial charge is 0.246 e. The van der Waals surface area contributed by atoms with E-state index < -0.39 is 0 Å². The van der Waals surface area contributed by atoms with Gasteiger partial charge in [-0.3, -0.25) is 0 Å². The Morgan fingerprint density at radius 1 is 1.36 bits per heavy atom. The second-order valence-corrected chi connectivity index (χ2v) is 2.69. The summed E-state index contributed by atoms with van der Waals surface area (Å²) in [6.45, 7) is 0. The van der Waals surface area contributed by atoms with Crippen molar-refractivity contribution in [3.05, 3.63) is 22.6 Å². The molecule has 0 saturated carbocycles. The fraction of sp³-hybridized carbons (Fsp3) is 0. The van der Waals surface area contributed by atoms with Crippen LogP contribution in [0.4, 0.5) is 0 Å². The van der Waals surface area contributed by atoms with Crippen molar-refractivity contribution in [1.29, 1.82) is 0 Å². The molecule has 2 rings (SSSR count). The number of hydrogen-bond acceptors (Lipinski definition) is 3. The molecule has 0 N–H and O–H groups in total. The molecule has 2 heterocycles. The number of nitrogens with zero attached hydrogens (tertiary/aromatic N) is 2. The van der Waals surface area contributed by atoms with Crippen LogP contribution < -0.4 is 0 Å². The Kier molecular flexibility index (Phi) is 1.47. The minimum absolute atomic E-state index is 0.266. The fourth-order valence-corrected chi connectivity index (χ4v) is 1.09. The molecule has 2 aromatic heterocycles. The third-order valence-electron chi connectivity index (χ3n) is 1.18. The molecule has 0 saturated heterocycles. The first-order valence-corrected chi connectivity index (χ1v) is 3.59. The van der Waals surface area contributed by atoms with Crippen molar-refractivity contribution in [3.8, 4) is 0 Å². The van der Waals surface area contributed by atoms with Crippen molar-refractivity contribution >= 4 is 34.4 Å². The highest BCUT2D eigenvalue weighted by atomic mass is 35.5. The molecule has 2 aromatic rings. The van der Waals surface area contributed by atoms with Gasteiger partial charge in [-0.1, -0.05) is 11.6 Å². The number of furan rings is 1. The van der Waals surface area contributed by atoms with Gasteiger partial charge in [-0.25, -0.2) is 9.97 Å². The first-order chi connectivity index (χ1) is 5.25. The number of halogens is 2. The van der Waals surface area contributed by atoms with Crippen LogP contribution in [0.1, 0.15) is 0 Å². The maximum atomic E-state index is 5.57. The molecule has 56 valence electrons. The van der Waals surface area contributed by atoms with Crippen LogP contribution in [0.3, 0.4) is 0 Å². The van der Waals surface area contributed by atoms with Gasteiger partial charge in [-0.2, -0.15) is 0 Å². The maximum Gasteiger partial charge on any atom is 0.246 e. The molecule has 0 spiro atoms. The minimum Gasteiger partial charge on any atom is -0.425 e. The molecule has 11 heavy (non-hydrogen) atoms. The molecule has 5 heteroatoms. The van der Waals surface area contributed by atoms with Crippen LogP contribution in [0.5, 0.6) is 0 Å². The van der Waals surface area contributed by atoms with E-state index in [1.165, 1.54) is 6.20 Å². The quantitative estimate of drug-likeness (QED) is 0.638. The van der Waals surface area contributed by atoms with E-state index >= 15 is 0 Å². The molecule has 0 aliphatic heterocycles. The molecule has 0 aromatic carbocycles. The van der Waals surface area contributed by atoms with Crippen LogP contribution in [0, 0.1) is 0 Å². The Labute approximate surface area is 72.0 Å². The molecular weight excluding hydrogens is 187 g/mol. The van der Waals surface area contributed by atoms with Crippen LogP contribution >= 0.6 is 23.2 Å². The number of rotatable bonds is 0. The average molecular weight is 189 g/mol. The average Bonchev–Trinajstić information content (AvgIpc) is 2.27. The van der Waals surface area contributed by atoms with E-state index in [9.17, 15) is 0 Å². The van der Waals surface area contributed by atoms with Gasteiger partial charge in [0.2, 0.25) is 5.71 Å². The topological polar surface area (TPSA) is 38.9 Å². The molecular formula is C6H2Cl2N2O. The first-order valence-electron chi connectivity index (χ1n) is 2.83. The van der Waals surface area contributed by atoms with E-state index in [4.69, 9.17) is 27.6 Å². The van der Waals surface area contributed by atoms with Gasteiger partial charge in [-0.05, 0) is 11.6 Å². The standard InChI is InChI=1S/C6H2Cl2N2O/c7-4-2-9-6-3(10-4)1-5(8)11-6/h1-2H. The van der Waals surface area contributed by atoms with Crippen molar-refractivity contribution in [2.45, 2.75) is 0 Å². The molecule has 0 amide bonds. The van der Waals surface area contributed by atoms with Gasteiger partial charge in [0.05, 0.1) is 6.20 Å². The normalized spacial score (nSPS) is 10.7. The summed E-state index contributed by atoms with van der Waals surface area (Å²) < 4.78 is 4.96. The molecule has 0 aliphatic carbocycles. The summed E-state index contributed by atoms with van der Waals surface area (Å²) in [5.41, 5.74) is 0.974. The Hall–Kier alpha value is -0.800. The van der Waals surface area contributed by atoms with Crippen LogP contribution in [0.2, 0.25) is 10.4 Å². The second-order valence-electron chi connectivity index (χ2n) is 1.93. The van der Waals surface area contributed by atoms with Gasteiger partial charge in [0.15, 0.2) is 5.22 Å². The first kappa shape index (κ1) is 6.88. The zero-order valence-electron chi connectivity index (χ0n) is 5.21. The highest BCUT2D eigenvalue weighted by Gasteiger charge is 2.03. The van der Waals surface area contributed by atoms with Crippen molar-refractivity contribution in [2.24, 2.45) is 0 Å². The largest absolute Gasteiger partial charge is 0.425 e. The molecule has 3 nitrogen and oxygen atoms in total. The monoisotopic (exact) mass is 188 g/mol. The summed E-state index contributed by atoms with van der Waals surface area (Å²) >= 11 is 11.1. The van der Waals surface area contributed by atoms with Crippen LogP contribution in [0.25, 0.3) is 11.2 Å². The van der Waals surface area contributed by atoms with Gasteiger partial charge in [0, 0.05) is 6.07 Å². The lowest BCUT2D eigenvalue weighted by Gasteiger charge is -1.85. The Bertz CT molecular complexity index is 398. The van der Waals surface area contributed by atoms with Crippen molar-refractivity contribution in [1.82, 2.24) is 9.97 Å². The summed E-state index contributed by atoms with van der Waals surface area (Å²) in [5, 5.41) is 0.595. The number of fused-ring (bicyclic) bond motifs is 1. The lowest BCUT2D eigenvalue weighted by Crippen LogP contribution is -1.77. The maximum absolute atomic E-state index is 5.57. The van der Waals surface area contributed by atoms with E-state index in [1.54, 1.807) is 6.07 Å². The summed E-state index contributed by atoms with van der Waals surface area (Å²) in [5.74, 6) is 0. The molecule has 0 fully saturated rings. The summed E-state index contributed by atoms with van der Waals surface area (Å²) in [4.78, 5) is 7.78. The van der Waals surface area contributed by atoms with Crippen molar-refractivity contribution in [2.75, 3.05) is 0 Å². The number of hydrogen-bond donors (Lipinski definition) is 0. The molecule has 0 unspecified atom stereocenters. The van der Waals surface area contributed by atoms with Gasteiger partial charge in [0.1, 0.15) is 10.7 Å². The third-order valence-corrected chi connectivity index (χ3v) is 1.55. The van der Waals surface area contributed by atoms with E-state index in [2.05, 4.69) is 9.97 Å². The van der Waals surface area contributed by atoms with Crippen LogP contribution in [0.15, 0.2) is 16.7 Å². The van der Waals surface area contributed by atoms with Crippen LogP contribution in [-0.2, 0) is 0 Å². The highest BCUT2D eigenvalue weighted by molar-refractivity contribution is 6.30. The predicted octanol–water partition coefficient (Wildman–Crippen LogP) is 2.53.